The van der Waals surface area contributed by atoms with Gasteiger partial charge in [-0.25, -0.2) is 4.79 Å². The van der Waals surface area contributed by atoms with Gasteiger partial charge in [-0.2, -0.15) is 5.26 Å². The summed E-state index contributed by atoms with van der Waals surface area (Å²) in [6.45, 7) is 3.28. The Hall–Kier alpha value is -3.33. The molecule has 0 aliphatic heterocycles. The van der Waals surface area contributed by atoms with E-state index in [0.29, 0.717) is 16.9 Å². The van der Waals surface area contributed by atoms with Crippen LogP contribution in [0.2, 0.25) is 0 Å². The maximum atomic E-state index is 12.1. The number of aryl methyl sites for hydroxylation is 1. The molecule has 2 rings (SSSR count). The van der Waals surface area contributed by atoms with Gasteiger partial charge < -0.3 is 15.8 Å². The molecule has 0 fully saturated rings. The fourth-order valence-corrected chi connectivity index (χ4v) is 1.97. The number of nitriles is 1. The Bertz CT molecular complexity index is 824. The molecule has 0 aliphatic carbocycles. The number of nitrogens with zero attached hydrogens (tertiary/aromatic N) is 1. The molecule has 2 aromatic rings. The highest BCUT2D eigenvalue weighted by atomic mass is 16.5. The summed E-state index contributed by atoms with van der Waals surface area (Å²) in [7, 11) is 0. The summed E-state index contributed by atoms with van der Waals surface area (Å²) in [4.78, 5) is 24.2. The second-order valence-electron chi connectivity index (χ2n) is 5.27. The zero-order valence-corrected chi connectivity index (χ0v) is 13.4. The Morgan fingerprint density at radius 2 is 1.96 bits per heavy atom. The van der Waals surface area contributed by atoms with Crippen molar-refractivity contribution in [1.82, 2.24) is 0 Å². The van der Waals surface area contributed by atoms with E-state index in [1.807, 2.05) is 13.0 Å². The van der Waals surface area contributed by atoms with Crippen molar-refractivity contribution >= 4 is 23.3 Å². The largest absolute Gasteiger partial charge is 0.449 e. The molecule has 6 nitrogen and oxygen atoms in total. The standard InChI is InChI=1S/C18H17N3O3/c1-11-7-8-13(9-15(11)20)18(23)24-12(2)17(22)21-16-6-4-3-5-14(16)10-19/h3-9,12H,20H2,1-2H3,(H,21,22). The number of esters is 1. The third-order valence-electron chi connectivity index (χ3n) is 3.47. The fraction of sp³-hybridized carbons (Fsp3) is 0.167. The third kappa shape index (κ3) is 3.90. The highest BCUT2D eigenvalue weighted by Crippen LogP contribution is 2.16. The molecule has 0 spiro atoms. The van der Waals surface area contributed by atoms with Crippen molar-refractivity contribution in [2.75, 3.05) is 11.1 Å². The molecule has 0 aromatic heterocycles. The maximum absolute atomic E-state index is 12.1. The molecule has 0 radical (unpaired) electrons. The van der Waals surface area contributed by atoms with E-state index in [1.54, 1.807) is 36.4 Å². The second kappa shape index (κ2) is 7.29. The fourth-order valence-electron chi connectivity index (χ4n) is 1.97. The number of amides is 1. The lowest BCUT2D eigenvalue weighted by molar-refractivity contribution is -0.123. The summed E-state index contributed by atoms with van der Waals surface area (Å²) in [5.74, 6) is -1.16. The number of nitrogen functional groups attached to an aromatic ring is 1. The lowest BCUT2D eigenvalue weighted by Gasteiger charge is -2.14. The van der Waals surface area contributed by atoms with Gasteiger partial charge in [-0.1, -0.05) is 18.2 Å². The second-order valence-corrected chi connectivity index (χ2v) is 5.27. The average molecular weight is 323 g/mol. The van der Waals surface area contributed by atoms with Gasteiger partial charge in [0, 0.05) is 5.69 Å². The number of ether oxygens (including phenoxy) is 1. The van der Waals surface area contributed by atoms with Crippen LogP contribution in [0.15, 0.2) is 42.5 Å². The molecule has 122 valence electrons. The number of carbonyl (C=O) groups excluding carboxylic acids is 2. The summed E-state index contributed by atoms with van der Waals surface area (Å²) in [6.07, 6.45) is -1.02. The number of nitrogens with two attached hydrogens (primary N) is 1. The van der Waals surface area contributed by atoms with Crippen molar-refractivity contribution in [2.24, 2.45) is 0 Å². The van der Waals surface area contributed by atoms with Crippen LogP contribution in [0.4, 0.5) is 11.4 Å². The smallest absolute Gasteiger partial charge is 0.338 e. The summed E-state index contributed by atoms with van der Waals surface area (Å²) in [6, 6.07) is 13.4. The van der Waals surface area contributed by atoms with Crippen LogP contribution < -0.4 is 11.1 Å². The van der Waals surface area contributed by atoms with Crippen molar-refractivity contribution in [3.8, 4) is 6.07 Å². The van der Waals surface area contributed by atoms with E-state index >= 15 is 0 Å². The minimum absolute atomic E-state index is 0.273. The van der Waals surface area contributed by atoms with E-state index in [1.165, 1.54) is 13.0 Å². The first-order valence-corrected chi connectivity index (χ1v) is 7.29. The monoisotopic (exact) mass is 323 g/mol. The summed E-state index contributed by atoms with van der Waals surface area (Å²) in [5, 5.41) is 11.6. The lowest BCUT2D eigenvalue weighted by Crippen LogP contribution is -2.30. The molecular weight excluding hydrogens is 306 g/mol. The molecule has 0 saturated heterocycles. The highest BCUT2D eigenvalue weighted by molar-refractivity contribution is 5.98. The van der Waals surface area contributed by atoms with Crippen LogP contribution in [0.25, 0.3) is 0 Å². The van der Waals surface area contributed by atoms with Crippen molar-refractivity contribution in [1.29, 1.82) is 5.26 Å². The number of benzene rings is 2. The Balaban J connectivity index is 2.04. The van der Waals surface area contributed by atoms with E-state index in [0.717, 1.165) is 5.56 Å². The van der Waals surface area contributed by atoms with Gasteiger partial charge in [0.15, 0.2) is 6.10 Å². The lowest BCUT2D eigenvalue weighted by atomic mass is 10.1. The van der Waals surface area contributed by atoms with Gasteiger partial charge in [0.1, 0.15) is 6.07 Å². The molecule has 24 heavy (non-hydrogen) atoms. The number of rotatable bonds is 4. The van der Waals surface area contributed by atoms with Crippen molar-refractivity contribution in [3.63, 3.8) is 0 Å². The normalized spacial score (nSPS) is 11.2. The van der Waals surface area contributed by atoms with Gasteiger partial charge in [0.05, 0.1) is 16.8 Å². The van der Waals surface area contributed by atoms with Crippen LogP contribution in [-0.4, -0.2) is 18.0 Å². The number of para-hydroxylation sites is 1. The van der Waals surface area contributed by atoms with Crippen molar-refractivity contribution in [2.45, 2.75) is 20.0 Å². The molecule has 6 heteroatoms. The van der Waals surface area contributed by atoms with Crippen LogP contribution in [0.1, 0.15) is 28.4 Å². The molecule has 0 saturated carbocycles. The SMILES string of the molecule is Cc1ccc(C(=O)OC(C)C(=O)Nc2ccccc2C#N)cc1N. The number of anilines is 2. The molecule has 1 amide bonds. The topological polar surface area (TPSA) is 105 Å². The number of hydrogen-bond acceptors (Lipinski definition) is 5. The predicted octanol–water partition coefficient (Wildman–Crippen LogP) is 2.63. The molecule has 0 aliphatic rings. The maximum Gasteiger partial charge on any atom is 0.338 e. The molecule has 3 N–H and O–H groups in total. The van der Waals surface area contributed by atoms with Crippen LogP contribution >= 0.6 is 0 Å². The van der Waals surface area contributed by atoms with Crippen LogP contribution in [-0.2, 0) is 9.53 Å². The van der Waals surface area contributed by atoms with Gasteiger partial charge in [-0.3, -0.25) is 4.79 Å². The van der Waals surface area contributed by atoms with Crippen molar-refractivity contribution in [3.05, 3.63) is 59.2 Å². The highest BCUT2D eigenvalue weighted by Gasteiger charge is 2.20. The van der Waals surface area contributed by atoms with Crippen molar-refractivity contribution < 1.29 is 14.3 Å². The zero-order chi connectivity index (χ0) is 17.7. The number of hydrogen-bond donors (Lipinski definition) is 2. The molecule has 1 unspecified atom stereocenters. The molecule has 1 atom stereocenters. The van der Waals surface area contributed by atoms with E-state index in [9.17, 15) is 9.59 Å². The minimum atomic E-state index is -1.02. The Labute approximate surface area is 139 Å². The Morgan fingerprint density at radius 1 is 1.25 bits per heavy atom. The molecule has 2 aromatic carbocycles. The molecule has 0 heterocycles. The minimum Gasteiger partial charge on any atom is -0.449 e. The zero-order valence-electron chi connectivity index (χ0n) is 13.4. The third-order valence-corrected chi connectivity index (χ3v) is 3.47. The number of carbonyl (C=O) groups is 2. The molecular formula is C18H17N3O3. The summed E-state index contributed by atoms with van der Waals surface area (Å²) in [5.41, 5.74) is 8.06. The van der Waals surface area contributed by atoms with Gasteiger partial charge >= 0.3 is 5.97 Å². The van der Waals surface area contributed by atoms with Crippen LogP contribution in [0.3, 0.4) is 0 Å². The van der Waals surface area contributed by atoms with Gasteiger partial charge in [0.25, 0.3) is 5.91 Å². The Kier molecular flexibility index (Phi) is 5.17. The van der Waals surface area contributed by atoms with E-state index in [-0.39, 0.29) is 5.56 Å². The first kappa shape index (κ1) is 17.0. The van der Waals surface area contributed by atoms with Gasteiger partial charge in [-0.15, -0.1) is 0 Å². The van der Waals surface area contributed by atoms with E-state index in [2.05, 4.69) is 5.32 Å². The summed E-state index contributed by atoms with van der Waals surface area (Å²) < 4.78 is 5.15. The van der Waals surface area contributed by atoms with Gasteiger partial charge in [0.2, 0.25) is 0 Å². The van der Waals surface area contributed by atoms with Crippen LogP contribution in [0, 0.1) is 18.3 Å². The van der Waals surface area contributed by atoms with Gasteiger partial charge in [-0.05, 0) is 43.7 Å². The first-order valence-electron chi connectivity index (χ1n) is 7.29. The van der Waals surface area contributed by atoms with Crippen LogP contribution in [0.5, 0.6) is 0 Å². The quantitative estimate of drug-likeness (QED) is 0.664. The summed E-state index contributed by atoms with van der Waals surface area (Å²) >= 11 is 0. The van der Waals surface area contributed by atoms with E-state index < -0.39 is 18.0 Å². The Morgan fingerprint density at radius 3 is 2.62 bits per heavy atom. The first-order chi connectivity index (χ1) is 11.4. The molecule has 0 bridgehead atoms. The predicted molar refractivity (Wildman–Crippen MR) is 90.3 cm³/mol. The number of nitrogens with one attached hydrogen (secondary N) is 1. The van der Waals surface area contributed by atoms with E-state index in [4.69, 9.17) is 15.7 Å². The average Bonchev–Trinajstić information content (AvgIpc) is 2.57.